The second kappa shape index (κ2) is 6.12. The first-order valence-corrected chi connectivity index (χ1v) is 7.47. The van der Waals surface area contributed by atoms with E-state index in [0.717, 1.165) is 20.9 Å². The lowest BCUT2D eigenvalue weighted by Crippen LogP contribution is -2.00. The minimum Gasteiger partial charge on any atom is -0.289 e. The van der Waals surface area contributed by atoms with E-state index in [2.05, 4.69) is 45.7 Å². The average Bonchev–Trinajstić information content (AvgIpc) is 2.17. The summed E-state index contributed by atoms with van der Waals surface area (Å²) in [6, 6.07) is 5.72. The molecule has 1 nitrogen and oxygen atoms in total. The van der Waals surface area contributed by atoms with Gasteiger partial charge in [-0.3, -0.25) is 4.79 Å². The van der Waals surface area contributed by atoms with Gasteiger partial charge < -0.3 is 0 Å². The lowest BCUT2D eigenvalue weighted by molar-refractivity contribution is 0.108. The van der Waals surface area contributed by atoms with Crippen LogP contribution >= 0.6 is 40.4 Å². The molecule has 0 fully saturated rings. The summed E-state index contributed by atoms with van der Waals surface area (Å²) in [5.41, 5.74) is 1.47. The van der Waals surface area contributed by atoms with Gasteiger partial charge in [0.2, 0.25) is 0 Å². The molecule has 1 aromatic rings. The van der Waals surface area contributed by atoms with E-state index >= 15 is 0 Å². The summed E-state index contributed by atoms with van der Waals surface area (Å²) in [5, 5.41) is 0. The fourth-order valence-electron chi connectivity index (χ4n) is 1.11. The number of carbonyl (C=O) groups is 1. The van der Waals surface area contributed by atoms with Crippen LogP contribution in [0, 0.1) is 0 Å². The molecule has 0 aromatic heterocycles. The largest absolute Gasteiger partial charge is 0.289 e. The Kier molecular flexibility index (Phi) is 5.45. The van der Waals surface area contributed by atoms with Crippen LogP contribution in [-0.4, -0.2) is 11.2 Å². The summed E-state index contributed by atoms with van der Waals surface area (Å²) < 4.78 is 1.75. The molecule has 82 valence electrons. The third-order valence-electron chi connectivity index (χ3n) is 2.18. The molecule has 0 saturated heterocycles. The van der Waals surface area contributed by atoms with E-state index in [9.17, 15) is 4.79 Å². The first kappa shape index (κ1) is 13.3. The third kappa shape index (κ3) is 3.65. The smallest absolute Gasteiger partial charge is 0.183 e. The van der Waals surface area contributed by atoms with Crippen molar-refractivity contribution in [1.82, 2.24) is 0 Å². The third-order valence-corrected chi connectivity index (χ3v) is 4.91. The Morgan fingerprint density at radius 2 is 1.93 bits per heavy atom. The fourth-order valence-corrected chi connectivity index (χ4v) is 3.90. The molecule has 0 radical (unpaired) electrons. The van der Waals surface area contributed by atoms with E-state index in [-0.39, 0.29) is 5.52 Å². The Morgan fingerprint density at radius 3 is 2.40 bits per heavy atom. The Morgan fingerprint density at radius 1 is 1.40 bits per heavy atom. The van der Waals surface area contributed by atoms with Crippen molar-refractivity contribution in [3.63, 3.8) is 0 Å². The second-order valence-electron chi connectivity index (χ2n) is 3.38. The van der Waals surface area contributed by atoms with Crippen LogP contribution in [0.25, 0.3) is 0 Å². The van der Waals surface area contributed by atoms with Gasteiger partial charge in [0.25, 0.3) is 0 Å². The molecule has 15 heavy (non-hydrogen) atoms. The van der Waals surface area contributed by atoms with Gasteiger partial charge in [-0.05, 0) is 64.7 Å². The molecule has 0 saturated carbocycles. The summed E-state index contributed by atoms with van der Waals surface area (Å²) >= 11 is 6.83. The van der Waals surface area contributed by atoms with Gasteiger partial charge in [-0.2, -0.15) is 0 Å². The molecule has 0 N–H and O–H groups in total. The Bertz CT molecular complexity index is 345. The van der Waals surface area contributed by atoms with Gasteiger partial charge in [0.1, 0.15) is 0 Å². The molecular formula is C11H13Br2OP. The number of hydrogen-bond donors (Lipinski definition) is 0. The van der Waals surface area contributed by atoms with Gasteiger partial charge >= 0.3 is 0 Å². The van der Waals surface area contributed by atoms with Crippen molar-refractivity contribution in [3.05, 3.63) is 32.7 Å². The van der Waals surface area contributed by atoms with Crippen molar-refractivity contribution in [2.45, 2.75) is 25.9 Å². The maximum absolute atomic E-state index is 12.0. The predicted molar refractivity (Wildman–Crippen MR) is 74.2 cm³/mol. The van der Waals surface area contributed by atoms with Crippen LogP contribution in [0.15, 0.2) is 27.1 Å². The zero-order valence-corrected chi connectivity index (χ0v) is 12.9. The number of carbonyl (C=O) groups excluding carboxylic acids is 1. The first-order chi connectivity index (χ1) is 7.06. The summed E-state index contributed by atoms with van der Waals surface area (Å²) in [4.78, 5) is 12.0. The van der Waals surface area contributed by atoms with E-state index in [0.29, 0.717) is 14.2 Å². The van der Waals surface area contributed by atoms with Crippen molar-refractivity contribution in [3.8, 4) is 0 Å². The zero-order valence-electron chi connectivity index (χ0n) is 8.68. The van der Waals surface area contributed by atoms with E-state index < -0.39 is 0 Å². The molecule has 4 heteroatoms. The van der Waals surface area contributed by atoms with Crippen molar-refractivity contribution in [2.75, 3.05) is 0 Å². The highest BCUT2D eigenvalue weighted by Crippen LogP contribution is 2.34. The van der Waals surface area contributed by atoms with Gasteiger partial charge in [0.05, 0.1) is 5.56 Å². The monoisotopic (exact) mass is 350 g/mol. The van der Waals surface area contributed by atoms with Gasteiger partial charge in [0, 0.05) is 8.95 Å². The quantitative estimate of drug-likeness (QED) is 0.710. The molecule has 0 amide bonds. The Balaban J connectivity index is 2.91. The molecule has 0 spiro atoms. The summed E-state index contributed by atoms with van der Waals surface area (Å²) in [7, 11) is 0.351. The summed E-state index contributed by atoms with van der Waals surface area (Å²) in [5.74, 6) is 0. The molecule has 0 heterocycles. The van der Waals surface area contributed by atoms with E-state index in [1.807, 2.05) is 18.2 Å². The molecule has 1 rings (SSSR count). The lowest BCUT2D eigenvalue weighted by atomic mass is 10.2. The molecular weight excluding hydrogens is 339 g/mol. The lowest BCUT2D eigenvalue weighted by Gasteiger charge is -2.10. The molecule has 1 aromatic carbocycles. The molecule has 0 bridgehead atoms. The molecule has 0 aliphatic heterocycles. The normalized spacial score (nSPS) is 13.3. The molecule has 2 atom stereocenters. The van der Waals surface area contributed by atoms with Crippen molar-refractivity contribution < 1.29 is 4.79 Å². The first-order valence-electron chi connectivity index (χ1n) is 4.81. The Hall–Kier alpha value is 0.280. The minimum atomic E-state index is 0.226. The van der Waals surface area contributed by atoms with Crippen molar-refractivity contribution in [1.29, 1.82) is 0 Å². The number of halogens is 2. The van der Waals surface area contributed by atoms with Crippen LogP contribution in [0.3, 0.4) is 0 Å². The minimum absolute atomic E-state index is 0.226. The number of hydrogen-bond acceptors (Lipinski definition) is 1. The van der Waals surface area contributed by atoms with E-state index in [1.165, 1.54) is 0 Å². The highest BCUT2D eigenvalue weighted by atomic mass is 79.9. The molecule has 0 aliphatic carbocycles. The number of rotatable bonds is 4. The summed E-state index contributed by atoms with van der Waals surface area (Å²) in [6.45, 7) is 4.22. The fraction of sp³-hybridized carbons (Fsp3) is 0.364. The maximum atomic E-state index is 12.0. The topological polar surface area (TPSA) is 17.1 Å². The maximum Gasteiger partial charge on any atom is 0.183 e. The van der Waals surface area contributed by atoms with Crippen LogP contribution in [0.4, 0.5) is 0 Å². The van der Waals surface area contributed by atoms with Crippen LogP contribution in [0.1, 0.15) is 30.6 Å². The van der Waals surface area contributed by atoms with Gasteiger partial charge in [0.15, 0.2) is 5.52 Å². The standard InChI is InChI=1S/C11H13Br2OP/c1-3-7(2)15-11(14)10-8(12)5-4-6-9(10)13/h4-7,15H,3H2,1-2H3. The van der Waals surface area contributed by atoms with E-state index in [1.54, 1.807) is 0 Å². The van der Waals surface area contributed by atoms with Gasteiger partial charge in [-0.15, -0.1) is 0 Å². The number of benzene rings is 1. The predicted octanol–water partition coefficient (Wildman–Crippen LogP) is 4.83. The second-order valence-corrected chi connectivity index (χ2v) is 6.82. The van der Waals surface area contributed by atoms with Gasteiger partial charge in [-0.25, -0.2) is 0 Å². The van der Waals surface area contributed by atoms with Gasteiger partial charge in [-0.1, -0.05) is 19.9 Å². The van der Waals surface area contributed by atoms with Crippen LogP contribution in [-0.2, 0) is 0 Å². The molecule has 0 aliphatic rings. The SMILES string of the molecule is CCC(C)PC(=O)c1c(Br)cccc1Br. The van der Waals surface area contributed by atoms with Crippen LogP contribution < -0.4 is 0 Å². The van der Waals surface area contributed by atoms with E-state index in [4.69, 9.17) is 0 Å². The molecule has 2 unspecified atom stereocenters. The van der Waals surface area contributed by atoms with Crippen molar-refractivity contribution in [2.24, 2.45) is 0 Å². The van der Waals surface area contributed by atoms with Crippen molar-refractivity contribution >= 4 is 46.0 Å². The highest BCUT2D eigenvalue weighted by molar-refractivity contribution is 9.11. The summed E-state index contributed by atoms with van der Waals surface area (Å²) in [6.07, 6.45) is 1.05. The zero-order chi connectivity index (χ0) is 11.4. The van der Waals surface area contributed by atoms with Crippen LogP contribution in [0.5, 0.6) is 0 Å². The Labute approximate surface area is 109 Å². The average molecular weight is 352 g/mol. The highest BCUT2D eigenvalue weighted by Gasteiger charge is 2.15. The van der Waals surface area contributed by atoms with Crippen LogP contribution in [0.2, 0.25) is 0 Å².